The van der Waals surface area contributed by atoms with Gasteiger partial charge < -0.3 is 5.32 Å². The molecule has 3 unspecified atom stereocenters. The van der Waals surface area contributed by atoms with E-state index in [1.54, 1.807) is 6.07 Å². The van der Waals surface area contributed by atoms with Gasteiger partial charge in [0.2, 0.25) is 0 Å². The lowest BCUT2D eigenvalue weighted by Gasteiger charge is -2.36. The van der Waals surface area contributed by atoms with Crippen molar-refractivity contribution in [2.75, 3.05) is 7.05 Å². The molecule has 1 nitrogen and oxygen atoms in total. The van der Waals surface area contributed by atoms with Gasteiger partial charge in [-0.05, 0) is 68.2 Å². The van der Waals surface area contributed by atoms with E-state index in [0.717, 1.165) is 23.0 Å². The van der Waals surface area contributed by atoms with Crippen LogP contribution in [0.5, 0.6) is 0 Å². The molecule has 19 heavy (non-hydrogen) atoms. The molecule has 3 atom stereocenters. The van der Waals surface area contributed by atoms with Crippen molar-refractivity contribution in [2.45, 2.75) is 46.1 Å². The highest BCUT2D eigenvalue weighted by Crippen LogP contribution is 2.39. The molecule has 0 aromatic heterocycles. The minimum atomic E-state index is -0.0883. The lowest BCUT2D eigenvalue weighted by Crippen LogP contribution is -2.31. The maximum atomic E-state index is 13.8. The summed E-state index contributed by atoms with van der Waals surface area (Å²) < 4.78 is 13.8. The van der Waals surface area contributed by atoms with E-state index < -0.39 is 0 Å². The molecule has 2 rings (SSSR count). The normalized spacial score (nSPS) is 29.2. The first-order valence-corrected chi connectivity index (χ1v) is 7.44. The molecule has 0 aliphatic heterocycles. The molecule has 1 aliphatic rings. The molecule has 0 spiro atoms. The van der Waals surface area contributed by atoms with Crippen molar-refractivity contribution in [1.29, 1.82) is 0 Å². The van der Waals surface area contributed by atoms with E-state index in [2.05, 4.69) is 25.2 Å². The van der Waals surface area contributed by atoms with Gasteiger partial charge >= 0.3 is 0 Å². The Labute approximate surface area is 116 Å². The highest BCUT2D eigenvalue weighted by molar-refractivity contribution is 5.26. The van der Waals surface area contributed by atoms with Gasteiger partial charge in [0.25, 0.3) is 0 Å². The number of hydrogen-bond donors (Lipinski definition) is 1. The molecule has 0 saturated heterocycles. The zero-order valence-corrected chi connectivity index (χ0v) is 12.5. The second-order valence-corrected chi connectivity index (χ2v) is 6.45. The Hall–Kier alpha value is -0.890. The highest BCUT2D eigenvalue weighted by atomic mass is 19.1. The summed E-state index contributed by atoms with van der Waals surface area (Å²) in [7, 11) is 1.99. The largest absolute Gasteiger partial charge is 0.313 e. The number of benzene rings is 1. The van der Waals surface area contributed by atoms with E-state index >= 15 is 0 Å². The third-order valence-corrected chi connectivity index (χ3v) is 4.55. The summed E-state index contributed by atoms with van der Waals surface area (Å²) in [6.45, 7) is 6.49. The van der Waals surface area contributed by atoms with Crippen LogP contribution in [-0.2, 0) is 0 Å². The van der Waals surface area contributed by atoms with Gasteiger partial charge in [-0.15, -0.1) is 0 Å². The first-order chi connectivity index (χ1) is 9.01. The van der Waals surface area contributed by atoms with Crippen LogP contribution in [0.25, 0.3) is 0 Å². The monoisotopic (exact) mass is 263 g/mol. The Morgan fingerprint density at radius 2 is 1.79 bits per heavy atom. The van der Waals surface area contributed by atoms with E-state index in [4.69, 9.17) is 0 Å². The molecule has 1 saturated carbocycles. The Morgan fingerprint density at radius 1 is 1.16 bits per heavy atom. The summed E-state index contributed by atoms with van der Waals surface area (Å²) in [4.78, 5) is 0. The molecule has 106 valence electrons. The molecule has 1 aromatic rings. The molecule has 1 N–H and O–H groups in total. The van der Waals surface area contributed by atoms with Gasteiger partial charge in [0.15, 0.2) is 0 Å². The van der Waals surface area contributed by atoms with E-state index in [-0.39, 0.29) is 11.9 Å². The third-order valence-electron chi connectivity index (χ3n) is 4.55. The lowest BCUT2D eigenvalue weighted by atomic mass is 9.72. The predicted octanol–water partition coefficient (Wildman–Crippen LogP) is 4.47. The summed E-state index contributed by atoms with van der Waals surface area (Å²) in [5.41, 5.74) is 1.82. The van der Waals surface area contributed by atoms with Crippen molar-refractivity contribution in [3.63, 3.8) is 0 Å². The second-order valence-electron chi connectivity index (χ2n) is 6.45. The SMILES string of the molecule is CNC(c1ccc(C)c(F)c1)C1CC(C)CC(C)C1. The predicted molar refractivity (Wildman–Crippen MR) is 78.6 cm³/mol. The quantitative estimate of drug-likeness (QED) is 0.848. The molecule has 0 amide bonds. The van der Waals surface area contributed by atoms with E-state index in [1.807, 2.05) is 20.0 Å². The van der Waals surface area contributed by atoms with Crippen molar-refractivity contribution in [3.8, 4) is 0 Å². The zero-order chi connectivity index (χ0) is 14.0. The molecule has 1 aliphatic carbocycles. The Morgan fingerprint density at radius 3 is 2.32 bits per heavy atom. The molecular formula is C17H26FN. The smallest absolute Gasteiger partial charge is 0.126 e. The number of halogens is 1. The van der Waals surface area contributed by atoms with Crippen molar-refractivity contribution in [3.05, 3.63) is 35.1 Å². The summed E-state index contributed by atoms with van der Waals surface area (Å²) in [5.74, 6) is 2.08. The van der Waals surface area contributed by atoms with Crippen molar-refractivity contribution in [1.82, 2.24) is 5.32 Å². The summed E-state index contributed by atoms with van der Waals surface area (Å²) >= 11 is 0. The fourth-order valence-electron chi connectivity index (χ4n) is 3.76. The van der Waals surface area contributed by atoms with Gasteiger partial charge in [0.1, 0.15) is 5.82 Å². The zero-order valence-electron chi connectivity index (χ0n) is 12.5. The van der Waals surface area contributed by atoms with E-state index in [1.165, 1.54) is 19.3 Å². The van der Waals surface area contributed by atoms with Gasteiger partial charge in [-0.25, -0.2) is 4.39 Å². The average molecular weight is 263 g/mol. The molecular weight excluding hydrogens is 237 g/mol. The summed E-state index contributed by atoms with van der Waals surface area (Å²) in [6, 6.07) is 5.95. The number of nitrogens with one attached hydrogen (secondary N) is 1. The lowest BCUT2D eigenvalue weighted by molar-refractivity contribution is 0.180. The van der Waals surface area contributed by atoms with Crippen LogP contribution in [-0.4, -0.2) is 7.05 Å². The van der Waals surface area contributed by atoms with Crippen LogP contribution in [0.15, 0.2) is 18.2 Å². The maximum Gasteiger partial charge on any atom is 0.126 e. The molecule has 2 heteroatoms. The van der Waals surface area contributed by atoms with Crippen molar-refractivity contribution >= 4 is 0 Å². The van der Waals surface area contributed by atoms with Gasteiger partial charge in [-0.3, -0.25) is 0 Å². The van der Waals surface area contributed by atoms with Crippen LogP contribution in [0.1, 0.15) is 50.3 Å². The van der Waals surface area contributed by atoms with Gasteiger partial charge in [0.05, 0.1) is 0 Å². The van der Waals surface area contributed by atoms with E-state index in [9.17, 15) is 4.39 Å². The van der Waals surface area contributed by atoms with Crippen LogP contribution < -0.4 is 5.32 Å². The number of rotatable bonds is 3. The molecule has 0 bridgehead atoms. The number of aryl methyl sites for hydroxylation is 1. The summed E-state index contributed by atoms with van der Waals surface area (Å²) in [6.07, 6.45) is 3.81. The molecule has 1 aromatic carbocycles. The summed E-state index contributed by atoms with van der Waals surface area (Å²) in [5, 5.41) is 3.41. The fourth-order valence-corrected chi connectivity index (χ4v) is 3.76. The topological polar surface area (TPSA) is 12.0 Å². The van der Waals surface area contributed by atoms with E-state index in [0.29, 0.717) is 5.92 Å². The fraction of sp³-hybridized carbons (Fsp3) is 0.647. The molecule has 0 radical (unpaired) electrons. The Kier molecular flexibility index (Phi) is 4.62. The first-order valence-electron chi connectivity index (χ1n) is 7.44. The minimum absolute atomic E-state index is 0.0883. The van der Waals surface area contributed by atoms with Gasteiger partial charge in [-0.1, -0.05) is 26.0 Å². The van der Waals surface area contributed by atoms with Gasteiger partial charge in [-0.2, -0.15) is 0 Å². The van der Waals surface area contributed by atoms with Crippen molar-refractivity contribution in [2.24, 2.45) is 17.8 Å². The van der Waals surface area contributed by atoms with Crippen LogP contribution in [0, 0.1) is 30.5 Å². The second kappa shape index (κ2) is 6.04. The van der Waals surface area contributed by atoms with Crippen LogP contribution in [0.4, 0.5) is 4.39 Å². The maximum absolute atomic E-state index is 13.8. The Bertz CT molecular complexity index is 419. The van der Waals surface area contributed by atoms with Crippen LogP contribution >= 0.6 is 0 Å². The standard InChI is InChI=1S/C17H26FN/c1-11-7-12(2)9-15(8-11)17(19-4)14-6-5-13(3)16(18)10-14/h5-6,10-12,15,17,19H,7-9H2,1-4H3. The molecule has 1 fully saturated rings. The Balaban J connectivity index is 2.21. The first kappa shape index (κ1) is 14.5. The van der Waals surface area contributed by atoms with Gasteiger partial charge in [0, 0.05) is 6.04 Å². The highest BCUT2D eigenvalue weighted by Gasteiger charge is 2.30. The number of hydrogen-bond acceptors (Lipinski definition) is 1. The van der Waals surface area contributed by atoms with Crippen molar-refractivity contribution < 1.29 is 4.39 Å². The minimum Gasteiger partial charge on any atom is -0.313 e. The van der Waals surface area contributed by atoms with Crippen LogP contribution in [0.2, 0.25) is 0 Å². The third kappa shape index (κ3) is 3.36. The van der Waals surface area contributed by atoms with Crippen LogP contribution in [0.3, 0.4) is 0 Å². The molecule has 0 heterocycles. The average Bonchev–Trinajstić information content (AvgIpc) is 2.33.